The van der Waals surface area contributed by atoms with Gasteiger partial charge in [0.2, 0.25) is 5.91 Å². The Morgan fingerprint density at radius 1 is 1.17 bits per heavy atom. The zero-order chi connectivity index (χ0) is 20.1. The van der Waals surface area contributed by atoms with E-state index in [4.69, 9.17) is 0 Å². The molecule has 0 bridgehead atoms. The van der Waals surface area contributed by atoms with Crippen molar-refractivity contribution in [3.63, 3.8) is 0 Å². The number of anilines is 1. The molecule has 2 aromatic carbocycles. The molecule has 0 saturated heterocycles. The van der Waals surface area contributed by atoms with E-state index in [1.54, 1.807) is 33.6 Å². The minimum absolute atomic E-state index is 0.000107. The summed E-state index contributed by atoms with van der Waals surface area (Å²) in [5, 5.41) is 4.80. The number of aromatic nitrogens is 3. The highest BCUT2D eigenvalue weighted by atomic mass is 32.2. The Labute approximate surface area is 176 Å². The van der Waals surface area contributed by atoms with Crippen LogP contribution in [0.4, 0.5) is 9.52 Å². The zero-order valence-electron chi connectivity index (χ0n) is 15.6. The Bertz CT molecular complexity index is 1080. The smallest absolute Gasteiger partial charge is 0.229 e. The van der Waals surface area contributed by atoms with Crippen LogP contribution in [0.3, 0.4) is 0 Å². The van der Waals surface area contributed by atoms with E-state index in [0.717, 1.165) is 9.60 Å². The summed E-state index contributed by atoms with van der Waals surface area (Å²) in [6.07, 6.45) is 3.97. The molecule has 0 unspecified atom stereocenters. The lowest BCUT2D eigenvalue weighted by Crippen LogP contribution is -2.34. The summed E-state index contributed by atoms with van der Waals surface area (Å²) in [5.41, 5.74) is 0.696. The third-order valence-corrected chi connectivity index (χ3v) is 6.37. The summed E-state index contributed by atoms with van der Waals surface area (Å²) in [4.78, 5) is 20.4. The number of thiazole rings is 1. The van der Waals surface area contributed by atoms with Gasteiger partial charge in [0.25, 0.3) is 0 Å². The molecule has 0 aliphatic rings. The minimum atomic E-state index is -0.304. The number of rotatable bonds is 8. The van der Waals surface area contributed by atoms with Gasteiger partial charge in [-0.3, -0.25) is 14.4 Å². The first kappa shape index (κ1) is 19.6. The summed E-state index contributed by atoms with van der Waals surface area (Å²) in [5.74, 6) is 0.377. The van der Waals surface area contributed by atoms with Gasteiger partial charge in [0.05, 0.1) is 16.8 Å². The quantitative estimate of drug-likeness (QED) is 0.378. The molecule has 29 heavy (non-hydrogen) atoms. The molecule has 2 heterocycles. The number of benzene rings is 2. The molecule has 4 rings (SSSR count). The number of carbonyl (C=O) groups is 1. The average Bonchev–Trinajstić information content (AvgIpc) is 3.38. The number of hydrogen-bond donors (Lipinski definition) is 0. The maximum Gasteiger partial charge on any atom is 0.229 e. The summed E-state index contributed by atoms with van der Waals surface area (Å²) in [7, 11) is 0. The van der Waals surface area contributed by atoms with E-state index in [-0.39, 0.29) is 11.7 Å². The number of hydrogen-bond acceptors (Lipinski definition) is 5. The highest BCUT2D eigenvalue weighted by molar-refractivity contribution is 7.99. The van der Waals surface area contributed by atoms with Crippen molar-refractivity contribution in [3.8, 4) is 0 Å². The van der Waals surface area contributed by atoms with Gasteiger partial charge >= 0.3 is 0 Å². The van der Waals surface area contributed by atoms with Gasteiger partial charge in [-0.05, 0) is 36.4 Å². The third kappa shape index (κ3) is 5.02. The Kier molecular flexibility index (Phi) is 6.21. The van der Waals surface area contributed by atoms with Crippen LogP contribution >= 0.6 is 23.1 Å². The molecular weight excluding hydrogens is 407 g/mol. The van der Waals surface area contributed by atoms with Crippen molar-refractivity contribution in [3.05, 3.63) is 72.8 Å². The van der Waals surface area contributed by atoms with Crippen LogP contribution in [-0.4, -0.2) is 33.0 Å². The van der Waals surface area contributed by atoms with Crippen LogP contribution < -0.4 is 4.90 Å². The van der Waals surface area contributed by atoms with Crippen molar-refractivity contribution in [2.75, 3.05) is 17.2 Å². The van der Waals surface area contributed by atoms with E-state index in [1.807, 2.05) is 42.6 Å². The van der Waals surface area contributed by atoms with Crippen LogP contribution in [-0.2, 0) is 11.3 Å². The van der Waals surface area contributed by atoms with Crippen molar-refractivity contribution < 1.29 is 9.18 Å². The monoisotopic (exact) mass is 426 g/mol. The van der Waals surface area contributed by atoms with Crippen molar-refractivity contribution in [2.24, 2.45) is 0 Å². The van der Waals surface area contributed by atoms with Gasteiger partial charge in [-0.15, -0.1) is 11.8 Å². The fourth-order valence-corrected chi connectivity index (χ4v) is 4.77. The normalized spacial score (nSPS) is 11.1. The summed E-state index contributed by atoms with van der Waals surface area (Å²) in [6.45, 7) is 1.02. The van der Waals surface area contributed by atoms with Gasteiger partial charge in [-0.1, -0.05) is 29.5 Å². The first-order chi connectivity index (χ1) is 14.2. The minimum Gasteiger partial charge on any atom is -0.286 e. The van der Waals surface area contributed by atoms with Crippen molar-refractivity contribution >= 4 is 44.4 Å². The van der Waals surface area contributed by atoms with E-state index in [9.17, 15) is 9.18 Å². The number of fused-ring (bicyclic) bond motifs is 1. The molecule has 0 aliphatic carbocycles. The number of thioether (sulfide) groups is 1. The van der Waals surface area contributed by atoms with E-state index >= 15 is 0 Å². The largest absolute Gasteiger partial charge is 0.286 e. The third-order valence-electron chi connectivity index (χ3n) is 4.31. The van der Waals surface area contributed by atoms with E-state index in [0.29, 0.717) is 35.9 Å². The van der Waals surface area contributed by atoms with E-state index in [1.165, 1.54) is 23.5 Å². The van der Waals surface area contributed by atoms with Crippen molar-refractivity contribution in [2.45, 2.75) is 17.9 Å². The van der Waals surface area contributed by atoms with Gasteiger partial charge < -0.3 is 0 Å². The maximum absolute atomic E-state index is 13.6. The van der Waals surface area contributed by atoms with Crippen molar-refractivity contribution in [1.82, 2.24) is 14.8 Å². The van der Waals surface area contributed by atoms with Crippen LogP contribution in [0.5, 0.6) is 0 Å². The maximum atomic E-state index is 13.6. The fraction of sp³-hybridized carbons (Fsp3) is 0.190. The van der Waals surface area contributed by atoms with Gasteiger partial charge in [0.15, 0.2) is 5.13 Å². The highest BCUT2D eigenvalue weighted by Gasteiger charge is 2.20. The van der Waals surface area contributed by atoms with E-state index < -0.39 is 0 Å². The molecule has 0 radical (unpaired) electrons. The molecule has 0 spiro atoms. The second-order valence-electron chi connectivity index (χ2n) is 6.33. The molecule has 0 N–H and O–H groups in total. The predicted octanol–water partition coefficient (Wildman–Crippen LogP) is 4.85. The topological polar surface area (TPSA) is 51.0 Å². The Morgan fingerprint density at radius 2 is 2.03 bits per heavy atom. The fourth-order valence-electron chi connectivity index (χ4n) is 2.87. The molecule has 0 atom stereocenters. The van der Waals surface area contributed by atoms with Gasteiger partial charge in [-0.25, -0.2) is 9.37 Å². The lowest BCUT2D eigenvalue weighted by Gasteiger charge is -2.20. The number of halogens is 1. The van der Waals surface area contributed by atoms with Crippen molar-refractivity contribution in [1.29, 1.82) is 0 Å². The van der Waals surface area contributed by atoms with Crippen LogP contribution in [0.25, 0.3) is 10.2 Å². The van der Waals surface area contributed by atoms with Gasteiger partial charge in [0, 0.05) is 36.0 Å². The lowest BCUT2D eigenvalue weighted by molar-refractivity contribution is -0.118. The molecule has 2 aromatic heterocycles. The highest BCUT2D eigenvalue weighted by Crippen LogP contribution is 2.30. The van der Waals surface area contributed by atoms with Crippen LogP contribution in [0, 0.1) is 5.82 Å². The number of carbonyl (C=O) groups excluding carboxylic acids is 1. The SMILES string of the molecule is O=C(CCSc1ccccc1)N(CCn1cccn1)c1nc2ccc(F)cc2s1. The number of nitrogens with zero attached hydrogens (tertiary/aromatic N) is 4. The predicted molar refractivity (Wildman–Crippen MR) is 116 cm³/mol. The lowest BCUT2D eigenvalue weighted by atomic mass is 10.3. The van der Waals surface area contributed by atoms with Crippen LogP contribution in [0.2, 0.25) is 0 Å². The van der Waals surface area contributed by atoms with Crippen LogP contribution in [0.1, 0.15) is 6.42 Å². The van der Waals surface area contributed by atoms with Crippen LogP contribution in [0.15, 0.2) is 71.9 Å². The molecule has 1 amide bonds. The summed E-state index contributed by atoms with van der Waals surface area (Å²) < 4.78 is 16.1. The molecule has 148 valence electrons. The second kappa shape index (κ2) is 9.19. The first-order valence-corrected chi connectivity index (χ1v) is 11.0. The standard InChI is InChI=1S/C21H19FN4OS2/c22-16-7-8-18-19(15-16)29-21(24-18)26(13-12-25-11-4-10-23-25)20(27)9-14-28-17-5-2-1-3-6-17/h1-8,10-11,15H,9,12-14H2. The Morgan fingerprint density at radius 3 is 2.83 bits per heavy atom. The summed E-state index contributed by atoms with van der Waals surface area (Å²) >= 11 is 2.98. The zero-order valence-corrected chi connectivity index (χ0v) is 17.2. The molecular formula is C21H19FN4OS2. The van der Waals surface area contributed by atoms with Gasteiger partial charge in [-0.2, -0.15) is 5.10 Å². The summed E-state index contributed by atoms with van der Waals surface area (Å²) in [6, 6.07) is 16.4. The second-order valence-corrected chi connectivity index (χ2v) is 8.51. The first-order valence-electron chi connectivity index (χ1n) is 9.21. The molecule has 0 fully saturated rings. The molecule has 0 saturated carbocycles. The molecule has 5 nitrogen and oxygen atoms in total. The Balaban J connectivity index is 1.49. The average molecular weight is 427 g/mol. The van der Waals surface area contributed by atoms with E-state index in [2.05, 4.69) is 10.1 Å². The molecule has 8 heteroatoms. The number of amides is 1. The molecule has 4 aromatic rings. The Hall–Kier alpha value is -2.71. The molecule has 0 aliphatic heterocycles. The van der Waals surface area contributed by atoms with Gasteiger partial charge in [0.1, 0.15) is 5.82 Å².